The molecule has 0 spiro atoms. The average molecular weight is 394 g/mol. The standard InChI is InChI=1S/C20H28ClN3O3/c1-12(2)16-10-17(23-22-16)20(26)24-8-4-5-13(11-24)19(25)15-9-14(21)6-7-18(15)27-3/h6-7,9,12-13,16-17,22-23H,4-5,8,10-11H2,1-3H3. The van der Waals surface area contributed by atoms with Crippen molar-refractivity contribution in [3.63, 3.8) is 0 Å². The van der Waals surface area contributed by atoms with Crippen LogP contribution in [0.5, 0.6) is 5.75 Å². The Morgan fingerprint density at radius 2 is 2.07 bits per heavy atom. The van der Waals surface area contributed by atoms with Gasteiger partial charge in [0.1, 0.15) is 11.8 Å². The number of halogens is 1. The van der Waals surface area contributed by atoms with Gasteiger partial charge in [-0.2, -0.15) is 0 Å². The van der Waals surface area contributed by atoms with E-state index >= 15 is 0 Å². The molecule has 0 aliphatic carbocycles. The first-order valence-electron chi connectivity index (χ1n) is 9.58. The van der Waals surface area contributed by atoms with E-state index in [1.54, 1.807) is 25.3 Å². The van der Waals surface area contributed by atoms with Gasteiger partial charge in [-0.05, 0) is 43.4 Å². The van der Waals surface area contributed by atoms with Gasteiger partial charge in [0.25, 0.3) is 0 Å². The van der Waals surface area contributed by atoms with Crippen LogP contribution in [0.1, 0.15) is 43.5 Å². The quantitative estimate of drug-likeness (QED) is 0.752. The van der Waals surface area contributed by atoms with Gasteiger partial charge in [0.15, 0.2) is 5.78 Å². The first-order chi connectivity index (χ1) is 12.9. The highest BCUT2D eigenvalue weighted by Crippen LogP contribution is 2.29. The van der Waals surface area contributed by atoms with Gasteiger partial charge in [-0.15, -0.1) is 0 Å². The molecule has 148 valence electrons. The third-order valence-electron chi connectivity index (χ3n) is 5.57. The van der Waals surface area contributed by atoms with Gasteiger partial charge in [0.05, 0.1) is 12.7 Å². The van der Waals surface area contributed by atoms with Crippen molar-refractivity contribution in [3.8, 4) is 5.75 Å². The van der Waals surface area contributed by atoms with Crippen molar-refractivity contribution in [2.45, 2.75) is 45.2 Å². The molecule has 3 atom stereocenters. The summed E-state index contributed by atoms with van der Waals surface area (Å²) in [5.74, 6) is 0.812. The molecular weight excluding hydrogens is 366 g/mol. The Bertz CT molecular complexity index is 710. The SMILES string of the molecule is COc1ccc(Cl)cc1C(=O)C1CCCN(C(=O)C2CC(C(C)C)NN2)C1. The van der Waals surface area contributed by atoms with Gasteiger partial charge >= 0.3 is 0 Å². The molecule has 7 heteroatoms. The number of amides is 1. The molecule has 1 aromatic carbocycles. The fourth-order valence-electron chi connectivity index (χ4n) is 3.89. The Balaban J connectivity index is 1.68. The molecule has 3 unspecified atom stereocenters. The van der Waals surface area contributed by atoms with Crippen molar-refractivity contribution in [3.05, 3.63) is 28.8 Å². The van der Waals surface area contributed by atoms with Crippen LogP contribution in [-0.2, 0) is 4.79 Å². The highest BCUT2D eigenvalue weighted by Gasteiger charge is 2.36. The lowest BCUT2D eigenvalue weighted by Gasteiger charge is -2.33. The molecule has 3 rings (SSSR count). The normalized spacial score (nSPS) is 25.7. The van der Waals surface area contributed by atoms with Gasteiger partial charge in [-0.1, -0.05) is 25.4 Å². The lowest BCUT2D eigenvalue weighted by atomic mass is 9.89. The van der Waals surface area contributed by atoms with E-state index in [0.29, 0.717) is 35.3 Å². The Morgan fingerprint density at radius 3 is 2.74 bits per heavy atom. The minimum Gasteiger partial charge on any atom is -0.496 e. The van der Waals surface area contributed by atoms with E-state index in [0.717, 1.165) is 19.3 Å². The van der Waals surface area contributed by atoms with E-state index in [4.69, 9.17) is 16.3 Å². The van der Waals surface area contributed by atoms with E-state index in [-0.39, 0.29) is 29.7 Å². The fourth-order valence-corrected chi connectivity index (χ4v) is 4.06. The highest BCUT2D eigenvalue weighted by atomic mass is 35.5. The second kappa shape index (κ2) is 8.59. The molecule has 0 radical (unpaired) electrons. The van der Waals surface area contributed by atoms with E-state index in [2.05, 4.69) is 24.7 Å². The van der Waals surface area contributed by atoms with Crippen molar-refractivity contribution < 1.29 is 14.3 Å². The summed E-state index contributed by atoms with van der Waals surface area (Å²) in [6.07, 6.45) is 2.36. The highest BCUT2D eigenvalue weighted by molar-refractivity contribution is 6.31. The smallest absolute Gasteiger partial charge is 0.241 e. The molecule has 0 saturated carbocycles. The predicted molar refractivity (Wildman–Crippen MR) is 105 cm³/mol. The van der Waals surface area contributed by atoms with Crippen LogP contribution in [0.15, 0.2) is 18.2 Å². The monoisotopic (exact) mass is 393 g/mol. The molecule has 6 nitrogen and oxygen atoms in total. The van der Waals surface area contributed by atoms with E-state index in [1.807, 2.05) is 4.90 Å². The maximum absolute atomic E-state index is 13.1. The van der Waals surface area contributed by atoms with E-state index < -0.39 is 0 Å². The molecule has 2 saturated heterocycles. The molecule has 2 aliphatic heterocycles. The van der Waals surface area contributed by atoms with Crippen LogP contribution in [0.2, 0.25) is 5.02 Å². The van der Waals surface area contributed by atoms with Crippen LogP contribution in [0, 0.1) is 11.8 Å². The first-order valence-corrected chi connectivity index (χ1v) is 9.96. The molecule has 2 fully saturated rings. The Morgan fingerprint density at radius 1 is 1.30 bits per heavy atom. The number of nitrogens with zero attached hydrogens (tertiary/aromatic N) is 1. The Kier molecular flexibility index (Phi) is 6.40. The van der Waals surface area contributed by atoms with Crippen LogP contribution in [0.4, 0.5) is 0 Å². The number of piperidine rings is 1. The molecule has 2 aliphatic rings. The van der Waals surface area contributed by atoms with E-state index in [1.165, 1.54) is 0 Å². The maximum Gasteiger partial charge on any atom is 0.241 e. The largest absolute Gasteiger partial charge is 0.496 e. The van der Waals surface area contributed by atoms with Gasteiger partial charge < -0.3 is 9.64 Å². The topological polar surface area (TPSA) is 70.7 Å². The minimum atomic E-state index is -0.231. The number of carbonyl (C=O) groups is 2. The van der Waals surface area contributed by atoms with Crippen molar-refractivity contribution in [2.24, 2.45) is 11.8 Å². The average Bonchev–Trinajstić information content (AvgIpc) is 3.17. The number of carbonyl (C=O) groups excluding carboxylic acids is 2. The van der Waals surface area contributed by atoms with Crippen LogP contribution in [0.25, 0.3) is 0 Å². The second-order valence-electron chi connectivity index (χ2n) is 7.76. The molecule has 1 aromatic rings. The predicted octanol–water partition coefficient (Wildman–Crippen LogP) is 2.66. The summed E-state index contributed by atoms with van der Waals surface area (Å²) in [7, 11) is 1.54. The van der Waals surface area contributed by atoms with Gasteiger partial charge in [0.2, 0.25) is 5.91 Å². The maximum atomic E-state index is 13.1. The van der Waals surface area contributed by atoms with E-state index in [9.17, 15) is 9.59 Å². The summed E-state index contributed by atoms with van der Waals surface area (Å²) < 4.78 is 5.32. The lowest BCUT2D eigenvalue weighted by Crippen LogP contribution is -2.50. The number of likely N-dealkylation sites (tertiary alicyclic amines) is 1. The van der Waals surface area contributed by atoms with Gasteiger partial charge in [-0.3, -0.25) is 15.0 Å². The zero-order valence-corrected chi connectivity index (χ0v) is 16.9. The summed E-state index contributed by atoms with van der Waals surface area (Å²) in [6, 6.07) is 5.13. The van der Waals surface area contributed by atoms with Crippen LogP contribution < -0.4 is 15.6 Å². The summed E-state index contributed by atoms with van der Waals surface area (Å²) >= 11 is 6.07. The number of Topliss-reactive ketones (excluding diaryl/α,β-unsaturated/α-hetero) is 1. The van der Waals surface area contributed by atoms with Gasteiger partial charge in [0, 0.05) is 30.1 Å². The van der Waals surface area contributed by atoms with Crippen molar-refractivity contribution in [1.29, 1.82) is 0 Å². The fraction of sp³-hybridized carbons (Fsp3) is 0.600. The summed E-state index contributed by atoms with van der Waals surface area (Å²) in [5.41, 5.74) is 6.83. The zero-order chi connectivity index (χ0) is 19.6. The Labute approximate surface area is 165 Å². The number of rotatable bonds is 5. The number of benzene rings is 1. The molecule has 1 amide bonds. The number of methoxy groups -OCH3 is 1. The minimum absolute atomic E-state index is 0.00980. The molecular formula is C20H28ClN3O3. The van der Waals surface area contributed by atoms with Crippen LogP contribution >= 0.6 is 11.6 Å². The zero-order valence-electron chi connectivity index (χ0n) is 16.1. The van der Waals surface area contributed by atoms with Gasteiger partial charge in [-0.25, -0.2) is 5.43 Å². The molecule has 0 aromatic heterocycles. The van der Waals surface area contributed by atoms with Crippen LogP contribution in [0.3, 0.4) is 0 Å². The first kappa shape index (κ1) is 20.1. The summed E-state index contributed by atoms with van der Waals surface area (Å²) in [5, 5.41) is 0.504. The van der Waals surface area contributed by atoms with Crippen molar-refractivity contribution in [1.82, 2.24) is 15.8 Å². The molecule has 2 heterocycles. The number of hydrogen-bond donors (Lipinski definition) is 2. The van der Waals surface area contributed by atoms with Crippen LogP contribution in [-0.4, -0.2) is 48.9 Å². The summed E-state index contributed by atoms with van der Waals surface area (Å²) in [4.78, 5) is 27.8. The number of nitrogens with one attached hydrogen (secondary N) is 2. The molecule has 2 N–H and O–H groups in total. The number of ketones is 1. The third kappa shape index (κ3) is 4.45. The Hall–Kier alpha value is -1.63. The van der Waals surface area contributed by atoms with Crippen molar-refractivity contribution in [2.75, 3.05) is 20.2 Å². The van der Waals surface area contributed by atoms with Crippen molar-refractivity contribution >= 4 is 23.3 Å². The molecule has 27 heavy (non-hydrogen) atoms. The number of ether oxygens (including phenoxy) is 1. The number of hydrazine groups is 1. The number of hydrogen-bond acceptors (Lipinski definition) is 5. The molecule has 0 bridgehead atoms. The second-order valence-corrected chi connectivity index (χ2v) is 8.20. The third-order valence-corrected chi connectivity index (χ3v) is 5.80. The summed E-state index contributed by atoms with van der Waals surface area (Å²) in [6.45, 7) is 5.41. The lowest BCUT2D eigenvalue weighted by molar-refractivity contribution is -0.134.